The van der Waals surface area contributed by atoms with Crippen LogP contribution in [0.1, 0.15) is 34.1 Å². The molecule has 0 aromatic rings. The molecule has 2 heterocycles. The van der Waals surface area contributed by atoms with E-state index in [0.717, 1.165) is 35.8 Å². The summed E-state index contributed by atoms with van der Waals surface area (Å²) in [7, 11) is 0. The highest BCUT2D eigenvalue weighted by Crippen LogP contribution is 2.49. The third-order valence-corrected chi connectivity index (χ3v) is 5.64. The molecule has 1 saturated carbocycles. The summed E-state index contributed by atoms with van der Waals surface area (Å²) >= 11 is 0. The molecule has 98 valence electrons. The summed E-state index contributed by atoms with van der Waals surface area (Å²) < 4.78 is 0. The summed E-state index contributed by atoms with van der Waals surface area (Å²) in [5.74, 6) is 4.04. The fourth-order valence-corrected chi connectivity index (χ4v) is 4.20. The summed E-state index contributed by atoms with van der Waals surface area (Å²) in [6.07, 6.45) is 1.51. The van der Waals surface area contributed by atoms with Crippen molar-refractivity contribution in [3.63, 3.8) is 0 Å². The molecule has 0 N–H and O–H groups in total. The Balaban J connectivity index is 1.50. The first kappa shape index (κ1) is 12.0. The monoisotopic (exact) mass is 236 g/mol. The highest BCUT2D eigenvalue weighted by molar-refractivity contribution is 5.02. The Kier molecular flexibility index (Phi) is 2.99. The standard InChI is InChI=1S/C15H28N2/c1-10(2)14-5-12-6-17(9-15(12)14)13-7-16(8-13)11(3)4/h10-15H,5-9H2,1-4H3. The zero-order valence-corrected chi connectivity index (χ0v) is 11.9. The average Bonchev–Trinajstić information content (AvgIpc) is 2.42. The predicted molar refractivity (Wildman–Crippen MR) is 72.0 cm³/mol. The fraction of sp³-hybridized carbons (Fsp3) is 1.00. The van der Waals surface area contributed by atoms with E-state index in [1.165, 1.54) is 32.6 Å². The van der Waals surface area contributed by atoms with E-state index in [9.17, 15) is 0 Å². The van der Waals surface area contributed by atoms with Crippen LogP contribution in [0.4, 0.5) is 0 Å². The van der Waals surface area contributed by atoms with Crippen molar-refractivity contribution in [1.29, 1.82) is 0 Å². The van der Waals surface area contributed by atoms with Gasteiger partial charge in [-0.25, -0.2) is 0 Å². The van der Waals surface area contributed by atoms with E-state index in [1.807, 2.05) is 0 Å². The Morgan fingerprint density at radius 3 is 2.24 bits per heavy atom. The molecule has 2 saturated heterocycles. The molecule has 3 rings (SSSR count). The molecule has 3 atom stereocenters. The van der Waals surface area contributed by atoms with Gasteiger partial charge in [-0.2, -0.15) is 0 Å². The molecule has 2 heteroatoms. The van der Waals surface area contributed by atoms with Crippen LogP contribution < -0.4 is 0 Å². The van der Waals surface area contributed by atoms with Gasteiger partial charge >= 0.3 is 0 Å². The van der Waals surface area contributed by atoms with Crippen LogP contribution in [0.25, 0.3) is 0 Å². The van der Waals surface area contributed by atoms with Gasteiger partial charge in [0.15, 0.2) is 0 Å². The number of fused-ring (bicyclic) bond motifs is 1. The summed E-state index contributed by atoms with van der Waals surface area (Å²) in [6.45, 7) is 14.9. The second-order valence-corrected chi connectivity index (χ2v) is 7.22. The number of rotatable bonds is 3. The van der Waals surface area contributed by atoms with E-state index < -0.39 is 0 Å². The van der Waals surface area contributed by atoms with Gasteiger partial charge in [-0.1, -0.05) is 13.8 Å². The van der Waals surface area contributed by atoms with Crippen LogP contribution >= 0.6 is 0 Å². The van der Waals surface area contributed by atoms with E-state index >= 15 is 0 Å². The maximum absolute atomic E-state index is 2.80. The molecule has 0 bridgehead atoms. The van der Waals surface area contributed by atoms with Crippen molar-refractivity contribution in [2.45, 2.75) is 46.2 Å². The molecule has 0 aromatic carbocycles. The van der Waals surface area contributed by atoms with Crippen molar-refractivity contribution in [1.82, 2.24) is 9.80 Å². The Labute approximate surface area is 106 Å². The van der Waals surface area contributed by atoms with Crippen LogP contribution in [0.5, 0.6) is 0 Å². The molecule has 0 aromatic heterocycles. The third kappa shape index (κ3) is 1.94. The van der Waals surface area contributed by atoms with Crippen LogP contribution in [-0.4, -0.2) is 48.1 Å². The molecule has 0 radical (unpaired) electrons. The maximum Gasteiger partial charge on any atom is 0.0350 e. The Hall–Kier alpha value is -0.0800. The fourth-order valence-electron chi connectivity index (χ4n) is 4.20. The molecule has 0 amide bonds. The SMILES string of the molecule is CC(C)C1CC2CN(C3CN(C(C)C)C3)CC21. The lowest BCUT2D eigenvalue weighted by molar-refractivity contribution is 0.0234. The lowest BCUT2D eigenvalue weighted by Crippen LogP contribution is -2.60. The van der Waals surface area contributed by atoms with Crippen LogP contribution in [0, 0.1) is 23.7 Å². The molecule has 3 fully saturated rings. The first-order valence-corrected chi connectivity index (χ1v) is 7.54. The zero-order valence-electron chi connectivity index (χ0n) is 11.9. The Morgan fingerprint density at radius 2 is 1.65 bits per heavy atom. The van der Waals surface area contributed by atoms with Crippen LogP contribution in [-0.2, 0) is 0 Å². The molecule has 3 unspecified atom stereocenters. The largest absolute Gasteiger partial charge is 0.298 e. The smallest absolute Gasteiger partial charge is 0.0350 e. The van der Waals surface area contributed by atoms with Crippen LogP contribution in [0.15, 0.2) is 0 Å². The van der Waals surface area contributed by atoms with Crippen molar-refractivity contribution in [2.24, 2.45) is 23.7 Å². The van der Waals surface area contributed by atoms with E-state index in [0.29, 0.717) is 0 Å². The van der Waals surface area contributed by atoms with E-state index in [1.54, 1.807) is 0 Å². The van der Waals surface area contributed by atoms with Crippen LogP contribution in [0.2, 0.25) is 0 Å². The summed E-state index contributed by atoms with van der Waals surface area (Å²) in [5, 5.41) is 0. The highest BCUT2D eigenvalue weighted by Gasteiger charge is 2.50. The van der Waals surface area contributed by atoms with Gasteiger partial charge in [-0.15, -0.1) is 0 Å². The molecule has 1 aliphatic carbocycles. The van der Waals surface area contributed by atoms with E-state index in [4.69, 9.17) is 0 Å². The molecule has 2 aliphatic heterocycles. The second kappa shape index (κ2) is 4.24. The Bertz CT molecular complexity index is 281. The minimum atomic E-state index is 0.744. The predicted octanol–water partition coefficient (Wildman–Crippen LogP) is 2.30. The third-order valence-electron chi connectivity index (χ3n) is 5.64. The van der Waals surface area contributed by atoms with E-state index in [2.05, 4.69) is 37.5 Å². The molecule has 17 heavy (non-hydrogen) atoms. The van der Waals surface area contributed by atoms with Crippen molar-refractivity contribution >= 4 is 0 Å². The van der Waals surface area contributed by atoms with Gasteiger partial charge < -0.3 is 0 Å². The summed E-state index contributed by atoms with van der Waals surface area (Å²) in [4.78, 5) is 5.40. The van der Waals surface area contributed by atoms with Crippen LogP contribution in [0.3, 0.4) is 0 Å². The van der Waals surface area contributed by atoms with Gasteiger partial charge in [0.25, 0.3) is 0 Å². The summed E-state index contributed by atoms with van der Waals surface area (Å²) in [5.41, 5.74) is 0. The molecular weight excluding hydrogens is 208 g/mol. The van der Waals surface area contributed by atoms with Gasteiger partial charge in [-0.05, 0) is 43.9 Å². The first-order valence-electron chi connectivity index (χ1n) is 7.54. The normalized spacial score (nSPS) is 39.5. The van der Waals surface area contributed by atoms with Crippen molar-refractivity contribution in [2.75, 3.05) is 26.2 Å². The highest BCUT2D eigenvalue weighted by atomic mass is 15.3. The second-order valence-electron chi connectivity index (χ2n) is 7.22. The number of hydrogen-bond acceptors (Lipinski definition) is 2. The average molecular weight is 236 g/mol. The first-order chi connectivity index (χ1) is 8.06. The number of likely N-dealkylation sites (tertiary alicyclic amines) is 2. The lowest BCUT2D eigenvalue weighted by Gasteiger charge is -2.46. The lowest BCUT2D eigenvalue weighted by atomic mass is 9.62. The van der Waals surface area contributed by atoms with Crippen molar-refractivity contribution in [3.8, 4) is 0 Å². The summed E-state index contributed by atoms with van der Waals surface area (Å²) in [6, 6.07) is 1.63. The molecule has 3 aliphatic rings. The quantitative estimate of drug-likeness (QED) is 0.742. The van der Waals surface area contributed by atoms with Gasteiger partial charge in [0.2, 0.25) is 0 Å². The van der Waals surface area contributed by atoms with E-state index in [-0.39, 0.29) is 0 Å². The molecule has 2 nitrogen and oxygen atoms in total. The zero-order chi connectivity index (χ0) is 12.2. The minimum Gasteiger partial charge on any atom is -0.298 e. The minimum absolute atomic E-state index is 0.744. The topological polar surface area (TPSA) is 6.48 Å². The Morgan fingerprint density at radius 1 is 0.941 bits per heavy atom. The number of nitrogens with zero attached hydrogens (tertiary/aromatic N) is 2. The van der Waals surface area contributed by atoms with Gasteiger partial charge in [0.05, 0.1) is 0 Å². The maximum atomic E-state index is 2.80. The number of hydrogen-bond donors (Lipinski definition) is 0. The van der Waals surface area contributed by atoms with Gasteiger partial charge in [0, 0.05) is 38.3 Å². The van der Waals surface area contributed by atoms with Crippen molar-refractivity contribution < 1.29 is 0 Å². The van der Waals surface area contributed by atoms with Gasteiger partial charge in [0.1, 0.15) is 0 Å². The van der Waals surface area contributed by atoms with Gasteiger partial charge in [-0.3, -0.25) is 9.80 Å². The van der Waals surface area contributed by atoms with Crippen molar-refractivity contribution in [3.05, 3.63) is 0 Å². The molecule has 0 spiro atoms. The molecular formula is C15H28N2.